The fraction of sp³-hybridized carbons (Fsp3) is 0.273. The third kappa shape index (κ3) is 6.84. The Labute approximate surface area is 246 Å². The summed E-state index contributed by atoms with van der Waals surface area (Å²) in [5.41, 5.74) is 9.53. The molecule has 1 N–H and O–H groups in total. The summed E-state index contributed by atoms with van der Waals surface area (Å²) in [6.45, 7) is 7.11. The summed E-state index contributed by atoms with van der Waals surface area (Å²) in [6, 6.07) is 26.0. The van der Waals surface area contributed by atoms with Crippen molar-refractivity contribution in [2.75, 3.05) is 13.1 Å². The maximum atomic E-state index is 12.7. The molecule has 2 heterocycles. The largest absolute Gasteiger partial charge is 0.316 e. The number of carbonyl (C=O) groups excluding carboxylic acids is 1. The van der Waals surface area contributed by atoms with Crippen molar-refractivity contribution < 1.29 is 4.79 Å². The van der Waals surface area contributed by atoms with Crippen LogP contribution in [0.5, 0.6) is 0 Å². The van der Waals surface area contributed by atoms with Crippen molar-refractivity contribution in [2.45, 2.75) is 39.7 Å². The van der Waals surface area contributed by atoms with Gasteiger partial charge < -0.3 is 4.57 Å². The van der Waals surface area contributed by atoms with Crippen LogP contribution in [0.25, 0.3) is 5.69 Å². The van der Waals surface area contributed by atoms with Crippen molar-refractivity contribution in [2.24, 2.45) is 11.0 Å². The van der Waals surface area contributed by atoms with Gasteiger partial charge in [0.25, 0.3) is 5.91 Å². The maximum Gasteiger partial charge on any atom is 0.271 e. The van der Waals surface area contributed by atoms with E-state index in [0.29, 0.717) is 15.6 Å². The minimum Gasteiger partial charge on any atom is -0.316 e. The number of nitrogens with one attached hydrogen (secondary N) is 1. The monoisotopic (exact) mass is 572 g/mol. The Balaban J connectivity index is 1.13. The number of carbonyl (C=O) groups is 1. The summed E-state index contributed by atoms with van der Waals surface area (Å²) in [6.07, 6.45) is 5.27. The minimum absolute atomic E-state index is 0.240. The summed E-state index contributed by atoms with van der Waals surface area (Å²) in [5, 5.41) is 5.44. The van der Waals surface area contributed by atoms with Crippen LogP contribution in [0.4, 0.5) is 0 Å². The zero-order chi connectivity index (χ0) is 28.1. The van der Waals surface area contributed by atoms with Crippen LogP contribution in [0, 0.1) is 19.8 Å². The standard InChI is InChI=1S/C33H34Cl2N4O/c1-23-18-29(24(2)39(23)32-20-30(34)12-13-31(32)35)21-36-37-33(40)28-10-8-27(9-11-28)22-38-16-14-26(15-17-38)19-25-6-4-3-5-7-25/h3-13,18,20-21,26H,14-17,19,22H2,1-2H3,(H,37,40)/b36-21+. The zero-order valence-corrected chi connectivity index (χ0v) is 24.4. The molecule has 7 heteroatoms. The number of piperidine rings is 1. The fourth-order valence-corrected chi connectivity index (χ4v) is 5.86. The number of hydrogen-bond donors (Lipinski definition) is 1. The molecule has 0 aliphatic carbocycles. The van der Waals surface area contributed by atoms with E-state index in [9.17, 15) is 4.79 Å². The lowest BCUT2D eigenvalue weighted by atomic mass is 9.90. The van der Waals surface area contributed by atoms with Crippen molar-refractivity contribution >= 4 is 35.3 Å². The minimum atomic E-state index is -0.240. The molecule has 1 amide bonds. The molecule has 1 aliphatic heterocycles. The predicted octanol–water partition coefficient (Wildman–Crippen LogP) is 7.62. The number of halogens is 2. The number of amides is 1. The number of benzene rings is 3. The maximum absolute atomic E-state index is 12.7. The van der Waals surface area contributed by atoms with Gasteiger partial charge in [-0.15, -0.1) is 0 Å². The van der Waals surface area contributed by atoms with Gasteiger partial charge >= 0.3 is 0 Å². The number of hydrogen-bond acceptors (Lipinski definition) is 3. The van der Waals surface area contributed by atoms with Gasteiger partial charge in [0.1, 0.15) is 0 Å². The third-order valence-electron chi connectivity index (χ3n) is 7.69. The van der Waals surface area contributed by atoms with Crippen LogP contribution in [0.15, 0.2) is 84.0 Å². The summed E-state index contributed by atoms with van der Waals surface area (Å²) in [5.74, 6) is 0.516. The number of nitrogens with zero attached hydrogens (tertiary/aromatic N) is 3. The molecule has 0 radical (unpaired) electrons. The number of hydrazone groups is 1. The highest BCUT2D eigenvalue weighted by Gasteiger charge is 2.20. The predicted molar refractivity (Wildman–Crippen MR) is 165 cm³/mol. The van der Waals surface area contributed by atoms with Gasteiger partial charge in [0.2, 0.25) is 0 Å². The Morgan fingerprint density at radius 2 is 1.68 bits per heavy atom. The number of aromatic nitrogens is 1. The van der Waals surface area contributed by atoms with Gasteiger partial charge in [0.15, 0.2) is 0 Å². The lowest BCUT2D eigenvalue weighted by Crippen LogP contribution is -2.33. The number of aryl methyl sites for hydroxylation is 1. The van der Waals surface area contributed by atoms with Crippen LogP contribution in [0.1, 0.15) is 51.3 Å². The van der Waals surface area contributed by atoms with Gasteiger partial charge in [0, 0.05) is 34.1 Å². The van der Waals surface area contributed by atoms with Crippen LogP contribution in [0.3, 0.4) is 0 Å². The number of rotatable bonds is 8. The molecule has 1 aliphatic rings. The molecule has 4 aromatic rings. The molecule has 0 saturated carbocycles. The van der Waals surface area contributed by atoms with Crippen molar-refractivity contribution in [3.8, 4) is 5.69 Å². The summed E-state index contributed by atoms with van der Waals surface area (Å²) in [4.78, 5) is 15.2. The van der Waals surface area contributed by atoms with Crippen LogP contribution >= 0.6 is 23.2 Å². The van der Waals surface area contributed by atoms with Crippen LogP contribution in [-0.4, -0.2) is 34.7 Å². The molecule has 0 atom stereocenters. The fourth-order valence-electron chi connectivity index (χ4n) is 5.49. The molecule has 40 heavy (non-hydrogen) atoms. The van der Waals surface area contributed by atoms with Gasteiger partial charge in [-0.1, -0.05) is 65.7 Å². The molecule has 5 nitrogen and oxygen atoms in total. The van der Waals surface area contributed by atoms with Crippen molar-refractivity contribution in [1.29, 1.82) is 0 Å². The van der Waals surface area contributed by atoms with Gasteiger partial charge in [0.05, 0.1) is 16.9 Å². The summed E-state index contributed by atoms with van der Waals surface area (Å²) >= 11 is 12.6. The molecule has 1 fully saturated rings. The van der Waals surface area contributed by atoms with E-state index in [1.54, 1.807) is 18.3 Å². The van der Waals surface area contributed by atoms with E-state index >= 15 is 0 Å². The Kier molecular flexibility index (Phi) is 9.05. The first-order valence-corrected chi connectivity index (χ1v) is 14.5. The molecular formula is C33H34Cl2N4O. The van der Waals surface area contributed by atoms with Gasteiger partial charge in [-0.2, -0.15) is 5.10 Å². The highest BCUT2D eigenvalue weighted by Crippen LogP contribution is 2.28. The van der Waals surface area contributed by atoms with E-state index in [1.165, 1.54) is 30.4 Å². The zero-order valence-electron chi connectivity index (χ0n) is 22.9. The second-order valence-corrected chi connectivity index (χ2v) is 11.4. The normalized spacial score (nSPS) is 14.6. The lowest BCUT2D eigenvalue weighted by Gasteiger charge is -2.32. The van der Waals surface area contributed by atoms with E-state index < -0.39 is 0 Å². The lowest BCUT2D eigenvalue weighted by molar-refractivity contribution is 0.0955. The highest BCUT2D eigenvalue weighted by atomic mass is 35.5. The second-order valence-electron chi connectivity index (χ2n) is 10.6. The van der Waals surface area contributed by atoms with E-state index in [1.807, 2.05) is 54.8 Å². The Bertz CT molecular complexity index is 1490. The van der Waals surface area contributed by atoms with Crippen molar-refractivity contribution in [3.63, 3.8) is 0 Å². The molecular weight excluding hydrogens is 539 g/mol. The van der Waals surface area contributed by atoms with Gasteiger partial charge in [-0.05, 0) is 99.6 Å². The van der Waals surface area contributed by atoms with Gasteiger partial charge in [-0.25, -0.2) is 5.43 Å². The Morgan fingerprint density at radius 3 is 2.40 bits per heavy atom. The smallest absolute Gasteiger partial charge is 0.271 e. The molecule has 0 bridgehead atoms. The molecule has 5 rings (SSSR count). The average molecular weight is 574 g/mol. The van der Waals surface area contributed by atoms with E-state index in [4.69, 9.17) is 23.2 Å². The molecule has 0 spiro atoms. The second kappa shape index (κ2) is 12.9. The van der Waals surface area contributed by atoms with Crippen molar-refractivity contribution in [1.82, 2.24) is 14.9 Å². The molecule has 1 aromatic heterocycles. The van der Waals surface area contributed by atoms with Crippen LogP contribution in [-0.2, 0) is 13.0 Å². The average Bonchev–Trinajstić information content (AvgIpc) is 3.24. The Morgan fingerprint density at radius 1 is 0.950 bits per heavy atom. The summed E-state index contributed by atoms with van der Waals surface area (Å²) in [7, 11) is 0. The van der Waals surface area contributed by atoms with Crippen molar-refractivity contribution in [3.05, 3.63) is 123 Å². The Hall–Kier alpha value is -3.38. The first-order valence-electron chi connectivity index (χ1n) is 13.7. The SMILES string of the molecule is Cc1cc(/C=N/NC(=O)c2ccc(CN3CCC(Cc4ccccc4)CC3)cc2)c(C)n1-c1cc(Cl)ccc1Cl. The van der Waals surface area contributed by atoms with Crippen LogP contribution in [0.2, 0.25) is 10.0 Å². The first-order chi connectivity index (χ1) is 19.4. The number of likely N-dealkylation sites (tertiary alicyclic amines) is 1. The molecule has 3 aromatic carbocycles. The summed E-state index contributed by atoms with van der Waals surface area (Å²) < 4.78 is 2.03. The first kappa shape index (κ1) is 28.2. The van der Waals surface area contributed by atoms with E-state index in [0.717, 1.165) is 48.2 Å². The molecule has 0 unspecified atom stereocenters. The van der Waals surface area contributed by atoms with Gasteiger partial charge in [-0.3, -0.25) is 9.69 Å². The third-order valence-corrected chi connectivity index (χ3v) is 8.24. The molecule has 206 valence electrons. The molecule has 1 saturated heterocycles. The van der Waals surface area contributed by atoms with Crippen LogP contribution < -0.4 is 5.43 Å². The van der Waals surface area contributed by atoms with E-state index in [-0.39, 0.29) is 5.91 Å². The quantitative estimate of drug-likeness (QED) is 0.174. The topological polar surface area (TPSA) is 49.6 Å². The van der Waals surface area contributed by atoms with E-state index in [2.05, 4.69) is 45.8 Å². The highest BCUT2D eigenvalue weighted by molar-refractivity contribution is 6.34.